The fraction of sp³-hybridized carbons (Fsp3) is 0.529. The minimum absolute atomic E-state index is 0.162. The SMILES string of the molecule is CCOC(=O)[C@H](C)CC(=O)c1nc(N)c(C(=O)N[C@@H](C)C(=O)OCC)nc1N. The van der Waals surface area contributed by atoms with Gasteiger partial charge in [-0.05, 0) is 20.8 Å². The van der Waals surface area contributed by atoms with Gasteiger partial charge in [-0.1, -0.05) is 6.92 Å². The number of rotatable bonds is 9. The van der Waals surface area contributed by atoms with E-state index in [-0.39, 0.29) is 42.7 Å². The summed E-state index contributed by atoms with van der Waals surface area (Å²) in [6, 6.07) is -0.943. The van der Waals surface area contributed by atoms with E-state index in [1.807, 2.05) is 0 Å². The average Bonchev–Trinajstić information content (AvgIpc) is 2.63. The number of hydrogen-bond donors (Lipinski definition) is 3. The number of nitrogens with two attached hydrogens (primary N) is 2. The summed E-state index contributed by atoms with van der Waals surface area (Å²) in [4.78, 5) is 55.5. The molecule has 154 valence electrons. The molecule has 1 amide bonds. The van der Waals surface area contributed by atoms with Crippen LogP contribution in [0, 0.1) is 5.92 Å². The number of carbonyl (C=O) groups excluding carboxylic acids is 4. The number of Topliss-reactive ketones (excluding diaryl/α,β-unsaturated/α-hetero) is 1. The Bertz CT molecular complexity index is 703. The molecule has 11 nitrogen and oxygen atoms in total. The highest BCUT2D eigenvalue weighted by molar-refractivity contribution is 6.03. The Morgan fingerprint density at radius 3 is 2.00 bits per heavy atom. The summed E-state index contributed by atoms with van der Waals surface area (Å²) in [5, 5.41) is 2.36. The van der Waals surface area contributed by atoms with E-state index in [4.69, 9.17) is 20.9 Å². The fourth-order valence-corrected chi connectivity index (χ4v) is 2.17. The number of nitrogens with zero attached hydrogens (tertiary/aromatic N) is 2. The third kappa shape index (κ3) is 5.89. The van der Waals surface area contributed by atoms with Crippen LogP contribution in [0.15, 0.2) is 0 Å². The van der Waals surface area contributed by atoms with Crippen LogP contribution in [0.5, 0.6) is 0 Å². The van der Waals surface area contributed by atoms with E-state index in [0.29, 0.717) is 0 Å². The third-order valence-corrected chi connectivity index (χ3v) is 3.60. The van der Waals surface area contributed by atoms with Crippen LogP contribution in [0.3, 0.4) is 0 Å². The number of ketones is 1. The Balaban J connectivity index is 2.94. The van der Waals surface area contributed by atoms with E-state index >= 15 is 0 Å². The zero-order valence-electron chi connectivity index (χ0n) is 16.3. The highest BCUT2D eigenvalue weighted by Gasteiger charge is 2.26. The van der Waals surface area contributed by atoms with Gasteiger partial charge in [-0.3, -0.25) is 14.4 Å². The van der Waals surface area contributed by atoms with Crippen LogP contribution in [0.1, 0.15) is 55.1 Å². The van der Waals surface area contributed by atoms with Crippen molar-refractivity contribution in [1.82, 2.24) is 15.3 Å². The molecule has 0 aliphatic rings. The van der Waals surface area contributed by atoms with Gasteiger partial charge in [-0.25, -0.2) is 14.8 Å². The lowest BCUT2D eigenvalue weighted by Crippen LogP contribution is -2.40. The maximum absolute atomic E-state index is 12.3. The number of nitrogens with one attached hydrogen (secondary N) is 1. The van der Waals surface area contributed by atoms with E-state index in [0.717, 1.165) is 0 Å². The van der Waals surface area contributed by atoms with Gasteiger partial charge in [0.05, 0.1) is 19.1 Å². The van der Waals surface area contributed by atoms with Gasteiger partial charge in [-0.15, -0.1) is 0 Å². The number of nitrogen functional groups attached to an aromatic ring is 2. The normalized spacial score (nSPS) is 12.6. The van der Waals surface area contributed by atoms with E-state index in [1.54, 1.807) is 13.8 Å². The van der Waals surface area contributed by atoms with Gasteiger partial charge in [0.2, 0.25) is 0 Å². The molecule has 0 spiro atoms. The molecule has 1 heterocycles. The molecule has 0 saturated carbocycles. The summed E-state index contributed by atoms with van der Waals surface area (Å²) in [5.41, 5.74) is 10.9. The molecule has 0 bridgehead atoms. The van der Waals surface area contributed by atoms with Gasteiger partial charge < -0.3 is 26.3 Å². The van der Waals surface area contributed by atoms with Crippen molar-refractivity contribution in [3.8, 4) is 0 Å². The van der Waals surface area contributed by atoms with Crippen LogP contribution in [-0.2, 0) is 19.1 Å². The van der Waals surface area contributed by atoms with Crippen LogP contribution in [0.2, 0.25) is 0 Å². The Labute approximate surface area is 162 Å². The van der Waals surface area contributed by atoms with Crippen molar-refractivity contribution in [2.45, 2.75) is 40.2 Å². The highest BCUT2D eigenvalue weighted by atomic mass is 16.5. The summed E-state index contributed by atoms with van der Waals surface area (Å²) < 4.78 is 9.64. The van der Waals surface area contributed by atoms with Crippen molar-refractivity contribution in [3.05, 3.63) is 11.4 Å². The molecule has 0 radical (unpaired) electrons. The lowest BCUT2D eigenvalue weighted by atomic mass is 10.0. The van der Waals surface area contributed by atoms with Crippen LogP contribution in [0.25, 0.3) is 0 Å². The predicted octanol–water partition coefficient (Wildman–Crippen LogP) is 0.0944. The topological polar surface area (TPSA) is 177 Å². The summed E-state index contributed by atoms with van der Waals surface area (Å²) in [5.74, 6) is -3.88. The smallest absolute Gasteiger partial charge is 0.328 e. The Hall–Kier alpha value is -3.24. The number of esters is 2. The average molecular weight is 395 g/mol. The van der Waals surface area contributed by atoms with Gasteiger partial charge in [0.15, 0.2) is 28.8 Å². The molecular weight excluding hydrogens is 370 g/mol. The number of ether oxygens (including phenoxy) is 2. The van der Waals surface area contributed by atoms with Crippen LogP contribution in [0.4, 0.5) is 11.6 Å². The lowest BCUT2D eigenvalue weighted by molar-refractivity contribution is -0.147. The van der Waals surface area contributed by atoms with E-state index in [2.05, 4.69) is 15.3 Å². The molecule has 2 atom stereocenters. The molecule has 0 fully saturated rings. The first-order valence-electron chi connectivity index (χ1n) is 8.72. The third-order valence-electron chi connectivity index (χ3n) is 3.60. The number of carbonyl (C=O) groups is 4. The second-order valence-electron chi connectivity index (χ2n) is 5.92. The first-order chi connectivity index (χ1) is 13.1. The Kier molecular flexibility index (Phi) is 8.29. The minimum Gasteiger partial charge on any atom is -0.466 e. The second-order valence-corrected chi connectivity index (χ2v) is 5.92. The molecule has 11 heteroatoms. The van der Waals surface area contributed by atoms with Crippen molar-refractivity contribution in [3.63, 3.8) is 0 Å². The van der Waals surface area contributed by atoms with Crippen LogP contribution >= 0.6 is 0 Å². The number of anilines is 2. The Morgan fingerprint density at radius 1 is 0.929 bits per heavy atom. The first kappa shape index (κ1) is 22.8. The molecule has 1 rings (SSSR count). The molecule has 28 heavy (non-hydrogen) atoms. The van der Waals surface area contributed by atoms with Gasteiger partial charge in [0.25, 0.3) is 5.91 Å². The van der Waals surface area contributed by atoms with Crippen molar-refractivity contribution in [1.29, 1.82) is 0 Å². The van der Waals surface area contributed by atoms with Gasteiger partial charge in [-0.2, -0.15) is 0 Å². The molecular formula is C17H25N5O6. The van der Waals surface area contributed by atoms with Crippen molar-refractivity contribution in [2.24, 2.45) is 5.92 Å². The van der Waals surface area contributed by atoms with Crippen molar-refractivity contribution >= 4 is 35.3 Å². The number of amides is 1. The second kappa shape index (κ2) is 10.2. The molecule has 0 aliphatic heterocycles. The standard InChI is InChI=1S/C17H25N5O6/c1-5-27-16(25)8(3)7-10(23)11-13(18)22-12(14(19)21-11)15(24)20-9(4)17(26)28-6-2/h8-9H,5-7H2,1-4H3,(H2,18,22)(H2,19,21)(H,20,24)/t8-,9+/m1/s1. The van der Waals surface area contributed by atoms with Gasteiger partial charge >= 0.3 is 11.9 Å². The monoisotopic (exact) mass is 395 g/mol. The zero-order chi connectivity index (χ0) is 21.4. The lowest BCUT2D eigenvalue weighted by Gasteiger charge is -2.14. The number of aromatic nitrogens is 2. The van der Waals surface area contributed by atoms with E-state index in [9.17, 15) is 19.2 Å². The molecule has 1 aromatic heterocycles. The highest BCUT2D eigenvalue weighted by Crippen LogP contribution is 2.17. The summed E-state index contributed by atoms with van der Waals surface area (Å²) >= 11 is 0. The Morgan fingerprint density at radius 2 is 1.43 bits per heavy atom. The molecule has 0 aromatic carbocycles. The van der Waals surface area contributed by atoms with Crippen LogP contribution in [-0.4, -0.2) is 52.9 Å². The summed E-state index contributed by atoms with van der Waals surface area (Å²) in [6.45, 7) is 6.60. The van der Waals surface area contributed by atoms with Gasteiger partial charge in [0.1, 0.15) is 6.04 Å². The fourth-order valence-electron chi connectivity index (χ4n) is 2.17. The number of hydrogen-bond acceptors (Lipinski definition) is 10. The maximum atomic E-state index is 12.3. The zero-order valence-corrected chi connectivity index (χ0v) is 16.3. The van der Waals surface area contributed by atoms with Crippen molar-refractivity contribution < 1.29 is 28.7 Å². The molecule has 0 unspecified atom stereocenters. The van der Waals surface area contributed by atoms with Gasteiger partial charge in [0, 0.05) is 6.42 Å². The summed E-state index contributed by atoms with van der Waals surface area (Å²) in [7, 11) is 0. The quantitative estimate of drug-likeness (QED) is 0.383. The van der Waals surface area contributed by atoms with Crippen LogP contribution < -0.4 is 16.8 Å². The predicted molar refractivity (Wildman–Crippen MR) is 99.2 cm³/mol. The largest absolute Gasteiger partial charge is 0.466 e. The minimum atomic E-state index is -0.943. The molecule has 5 N–H and O–H groups in total. The van der Waals surface area contributed by atoms with E-state index < -0.39 is 35.6 Å². The maximum Gasteiger partial charge on any atom is 0.328 e. The molecule has 0 saturated heterocycles. The molecule has 1 aromatic rings. The van der Waals surface area contributed by atoms with E-state index in [1.165, 1.54) is 13.8 Å². The first-order valence-corrected chi connectivity index (χ1v) is 8.72. The summed E-state index contributed by atoms with van der Waals surface area (Å²) in [6.07, 6.45) is -0.206. The molecule has 0 aliphatic carbocycles. The van der Waals surface area contributed by atoms with Crippen molar-refractivity contribution in [2.75, 3.05) is 24.7 Å².